The van der Waals surface area contributed by atoms with Crippen molar-refractivity contribution in [1.29, 1.82) is 0 Å². The molecule has 0 aromatic carbocycles. The summed E-state index contributed by atoms with van der Waals surface area (Å²) in [6, 6.07) is 0. The minimum absolute atomic E-state index is 0.0747. The van der Waals surface area contributed by atoms with E-state index in [1.807, 2.05) is 6.92 Å². The highest BCUT2D eigenvalue weighted by atomic mass is 16.6. The van der Waals surface area contributed by atoms with Gasteiger partial charge in [0.05, 0.1) is 59.5 Å². The molecule has 0 fully saturated rings. The summed E-state index contributed by atoms with van der Waals surface area (Å²) in [5.41, 5.74) is 0. The molecule has 0 saturated heterocycles. The molecule has 132 valence electrons. The summed E-state index contributed by atoms with van der Waals surface area (Å²) in [7, 11) is 1.64. The SMILES string of the molecule is CCCC(=O)NCCOCCOCCOCCOCCOC. The number of amides is 1. The van der Waals surface area contributed by atoms with Crippen molar-refractivity contribution in [2.24, 2.45) is 0 Å². The topological polar surface area (TPSA) is 75.3 Å². The average Bonchev–Trinajstić information content (AvgIpc) is 2.51. The number of hydrogen-bond donors (Lipinski definition) is 1. The van der Waals surface area contributed by atoms with Crippen LogP contribution in [0.4, 0.5) is 0 Å². The molecule has 0 aromatic rings. The van der Waals surface area contributed by atoms with Gasteiger partial charge in [-0.2, -0.15) is 0 Å². The van der Waals surface area contributed by atoms with Gasteiger partial charge >= 0.3 is 0 Å². The highest BCUT2D eigenvalue weighted by molar-refractivity contribution is 5.75. The number of hydrogen-bond acceptors (Lipinski definition) is 6. The van der Waals surface area contributed by atoms with Crippen molar-refractivity contribution in [2.75, 3.05) is 73.1 Å². The van der Waals surface area contributed by atoms with Gasteiger partial charge in [-0.15, -0.1) is 0 Å². The summed E-state index contributed by atoms with van der Waals surface area (Å²) in [5, 5.41) is 2.78. The van der Waals surface area contributed by atoms with E-state index in [0.717, 1.165) is 6.42 Å². The van der Waals surface area contributed by atoms with Crippen LogP contribution in [0.1, 0.15) is 19.8 Å². The van der Waals surface area contributed by atoms with Crippen LogP contribution in [0.2, 0.25) is 0 Å². The molecule has 0 aliphatic rings. The Labute approximate surface area is 133 Å². The molecule has 7 heteroatoms. The lowest BCUT2D eigenvalue weighted by Crippen LogP contribution is -2.27. The Morgan fingerprint density at radius 2 is 1.23 bits per heavy atom. The minimum Gasteiger partial charge on any atom is -0.382 e. The Balaban J connectivity index is 3.01. The molecule has 0 unspecified atom stereocenters. The number of carbonyl (C=O) groups excluding carboxylic acids is 1. The smallest absolute Gasteiger partial charge is 0.220 e. The molecule has 0 saturated carbocycles. The molecule has 7 nitrogen and oxygen atoms in total. The van der Waals surface area contributed by atoms with Gasteiger partial charge in [0.25, 0.3) is 0 Å². The maximum atomic E-state index is 11.2. The van der Waals surface area contributed by atoms with E-state index in [4.69, 9.17) is 23.7 Å². The fourth-order valence-electron chi connectivity index (χ4n) is 1.48. The third-order valence-corrected chi connectivity index (χ3v) is 2.59. The molecular formula is C15H31NO6. The van der Waals surface area contributed by atoms with Crippen LogP contribution >= 0.6 is 0 Å². The van der Waals surface area contributed by atoms with E-state index < -0.39 is 0 Å². The lowest BCUT2D eigenvalue weighted by Gasteiger charge is -2.08. The first kappa shape index (κ1) is 21.3. The first-order chi connectivity index (χ1) is 10.8. The fourth-order valence-corrected chi connectivity index (χ4v) is 1.48. The van der Waals surface area contributed by atoms with Gasteiger partial charge < -0.3 is 29.0 Å². The molecular weight excluding hydrogens is 290 g/mol. The molecule has 1 N–H and O–H groups in total. The maximum Gasteiger partial charge on any atom is 0.220 e. The van der Waals surface area contributed by atoms with E-state index in [9.17, 15) is 4.79 Å². The lowest BCUT2D eigenvalue weighted by molar-refractivity contribution is -0.121. The third kappa shape index (κ3) is 17.3. The molecule has 0 radical (unpaired) electrons. The molecule has 0 aliphatic heterocycles. The molecule has 0 aromatic heterocycles. The molecule has 0 aliphatic carbocycles. The van der Waals surface area contributed by atoms with Crippen molar-refractivity contribution in [3.8, 4) is 0 Å². The van der Waals surface area contributed by atoms with Gasteiger partial charge in [-0.3, -0.25) is 4.79 Å². The lowest BCUT2D eigenvalue weighted by atomic mass is 10.3. The van der Waals surface area contributed by atoms with Crippen molar-refractivity contribution in [3.05, 3.63) is 0 Å². The van der Waals surface area contributed by atoms with E-state index in [2.05, 4.69) is 5.32 Å². The summed E-state index contributed by atoms with van der Waals surface area (Å²) in [4.78, 5) is 11.2. The molecule has 22 heavy (non-hydrogen) atoms. The summed E-state index contributed by atoms with van der Waals surface area (Å²) >= 11 is 0. The van der Waals surface area contributed by atoms with Crippen molar-refractivity contribution in [2.45, 2.75) is 19.8 Å². The van der Waals surface area contributed by atoms with Crippen molar-refractivity contribution < 1.29 is 28.5 Å². The normalized spacial score (nSPS) is 10.8. The van der Waals surface area contributed by atoms with Gasteiger partial charge in [0.15, 0.2) is 0 Å². The maximum absolute atomic E-state index is 11.2. The first-order valence-corrected chi connectivity index (χ1v) is 7.87. The van der Waals surface area contributed by atoms with Crippen LogP contribution < -0.4 is 5.32 Å². The number of ether oxygens (including phenoxy) is 5. The second-order valence-corrected chi connectivity index (χ2v) is 4.54. The van der Waals surface area contributed by atoms with Crippen molar-refractivity contribution in [1.82, 2.24) is 5.32 Å². The standard InChI is InChI=1S/C15H31NO6/c1-3-4-15(17)16-5-6-19-9-10-21-13-14-22-12-11-20-8-7-18-2/h3-14H2,1-2H3,(H,16,17). The molecule has 0 rings (SSSR count). The summed E-state index contributed by atoms with van der Waals surface area (Å²) in [5.74, 6) is 0.0747. The predicted octanol–water partition coefficient (Wildman–Crippen LogP) is 0.616. The summed E-state index contributed by atoms with van der Waals surface area (Å²) < 4.78 is 26.1. The monoisotopic (exact) mass is 321 g/mol. The Bertz CT molecular complexity index is 240. The van der Waals surface area contributed by atoms with E-state index in [1.54, 1.807) is 7.11 Å². The Morgan fingerprint density at radius 3 is 1.68 bits per heavy atom. The number of nitrogens with one attached hydrogen (secondary N) is 1. The molecule has 0 bridgehead atoms. The Kier molecular flexibility index (Phi) is 17.7. The molecule has 0 heterocycles. The van der Waals surface area contributed by atoms with Crippen molar-refractivity contribution in [3.63, 3.8) is 0 Å². The van der Waals surface area contributed by atoms with Crippen molar-refractivity contribution >= 4 is 5.91 Å². The highest BCUT2D eigenvalue weighted by Gasteiger charge is 1.97. The first-order valence-electron chi connectivity index (χ1n) is 7.87. The number of methoxy groups -OCH3 is 1. The van der Waals surface area contributed by atoms with E-state index in [-0.39, 0.29) is 5.91 Å². The van der Waals surface area contributed by atoms with Gasteiger partial charge in [0.1, 0.15) is 0 Å². The second-order valence-electron chi connectivity index (χ2n) is 4.54. The highest BCUT2D eigenvalue weighted by Crippen LogP contribution is 1.85. The summed E-state index contributed by atoms with van der Waals surface area (Å²) in [6.45, 7) is 7.47. The van der Waals surface area contributed by atoms with Crippen LogP contribution in [0.15, 0.2) is 0 Å². The zero-order valence-electron chi connectivity index (χ0n) is 13.9. The molecule has 0 spiro atoms. The van der Waals surface area contributed by atoms with E-state index >= 15 is 0 Å². The van der Waals surface area contributed by atoms with Gasteiger partial charge in [-0.25, -0.2) is 0 Å². The Morgan fingerprint density at radius 1 is 0.773 bits per heavy atom. The summed E-state index contributed by atoms with van der Waals surface area (Å²) in [6.07, 6.45) is 1.43. The van der Waals surface area contributed by atoms with Crippen LogP contribution in [0, 0.1) is 0 Å². The van der Waals surface area contributed by atoms with Gasteiger partial charge in [0, 0.05) is 20.1 Å². The van der Waals surface area contributed by atoms with Crippen LogP contribution in [0.25, 0.3) is 0 Å². The van der Waals surface area contributed by atoms with Gasteiger partial charge in [-0.05, 0) is 6.42 Å². The predicted molar refractivity (Wildman–Crippen MR) is 83.1 cm³/mol. The van der Waals surface area contributed by atoms with E-state index in [0.29, 0.717) is 72.4 Å². The average molecular weight is 321 g/mol. The Hall–Kier alpha value is -0.730. The zero-order valence-corrected chi connectivity index (χ0v) is 13.9. The number of rotatable bonds is 17. The van der Waals surface area contributed by atoms with Crippen LogP contribution in [-0.2, 0) is 28.5 Å². The third-order valence-electron chi connectivity index (χ3n) is 2.59. The quantitative estimate of drug-likeness (QED) is 0.396. The van der Waals surface area contributed by atoms with Crippen LogP contribution in [0.3, 0.4) is 0 Å². The molecule has 1 amide bonds. The molecule has 0 atom stereocenters. The number of carbonyl (C=O) groups is 1. The van der Waals surface area contributed by atoms with Gasteiger partial charge in [-0.1, -0.05) is 6.92 Å². The fraction of sp³-hybridized carbons (Fsp3) is 0.933. The van der Waals surface area contributed by atoms with Crippen LogP contribution in [-0.4, -0.2) is 79.0 Å². The minimum atomic E-state index is 0.0747. The largest absolute Gasteiger partial charge is 0.382 e. The van der Waals surface area contributed by atoms with Crippen LogP contribution in [0.5, 0.6) is 0 Å². The van der Waals surface area contributed by atoms with E-state index in [1.165, 1.54) is 0 Å². The van der Waals surface area contributed by atoms with Gasteiger partial charge in [0.2, 0.25) is 5.91 Å². The second kappa shape index (κ2) is 18.3. The zero-order chi connectivity index (χ0) is 16.3.